The molecule has 2 atom stereocenters. The van der Waals surface area contributed by atoms with Crippen LogP contribution >= 0.6 is 0 Å². The minimum atomic E-state index is -0.221. The molecule has 1 aromatic rings. The molecule has 1 saturated carbocycles. The Balaban J connectivity index is 1.82. The third kappa shape index (κ3) is 1.97. The minimum Gasteiger partial charge on any atom is -0.497 e. The summed E-state index contributed by atoms with van der Waals surface area (Å²) >= 11 is 0. The average molecular weight is 246 g/mol. The van der Waals surface area contributed by atoms with E-state index in [0.29, 0.717) is 6.04 Å². The predicted molar refractivity (Wildman–Crippen MR) is 69.7 cm³/mol. The van der Waals surface area contributed by atoms with Crippen molar-refractivity contribution in [3.8, 4) is 5.75 Å². The van der Waals surface area contributed by atoms with Gasteiger partial charge in [0.1, 0.15) is 11.8 Å². The van der Waals surface area contributed by atoms with E-state index in [4.69, 9.17) is 4.74 Å². The molecular weight excluding hydrogens is 228 g/mol. The Morgan fingerprint density at radius 2 is 2.22 bits per heavy atom. The lowest BCUT2D eigenvalue weighted by molar-refractivity contribution is -0.117. The molecule has 1 aliphatic carbocycles. The molecule has 2 unspecified atom stereocenters. The van der Waals surface area contributed by atoms with E-state index < -0.39 is 0 Å². The zero-order valence-corrected chi connectivity index (χ0v) is 10.7. The maximum absolute atomic E-state index is 12.0. The van der Waals surface area contributed by atoms with E-state index in [0.717, 1.165) is 22.9 Å². The van der Waals surface area contributed by atoms with Gasteiger partial charge in [0.15, 0.2) is 0 Å². The Kier molecular flexibility index (Phi) is 2.74. The second kappa shape index (κ2) is 4.28. The fourth-order valence-corrected chi connectivity index (χ4v) is 2.53. The van der Waals surface area contributed by atoms with Gasteiger partial charge in [-0.05, 0) is 31.7 Å². The number of hydrogen-bond acceptors (Lipinski definition) is 3. The fourth-order valence-electron chi connectivity index (χ4n) is 2.53. The number of fused-ring (bicyclic) bond motifs is 1. The summed E-state index contributed by atoms with van der Waals surface area (Å²) < 4.78 is 5.17. The molecule has 2 aliphatic rings. The van der Waals surface area contributed by atoms with E-state index in [1.807, 2.05) is 18.2 Å². The number of anilines is 1. The van der Waals surface area contributed by atoms with E-state index in [1.54, 1.807) is 7.11 Å². The van der Waals surface area contributed by atoms with Gasteiger partial charge in [-0.2, -0.15) is 0 Å². The summed E-state index contributed by atoms with van der Waals surface area (Å²) in [6.45, 7) is 2.16. The molecule has 1 fully saturated rings. The molecule has 4 heteroatoms. The number of amides is 1. The summed E-state index contributed by atoms with van der Waals surface area (Å²) in [5, 5.41) is 6.34. The Morgan fingerprint density at radius 3 is 2.89 bits per heavy atom. The van der Waals surface area contributed by atoms with Crippen LogP contribution in [0.4, 0.5) is 5.69 Å². The number of rotatable bonds is 4. The number of benzene rings is 1. The molecule has 1 aliphatic heterocycles. The first kappa shape index (κ1) is 11.5. The molecular formula is C14H18N2O2. The summed E-state index contributed by atoms with van der Waals surface area (Å²) in [5.41, 5.74) is 1.88. The molecule has 3 rings (SSSR count). The van der Waals surface area contributed by atoms with Crippen molar-refractivity contribution in [1.29, 1.82) is 0 Å². The lowest BCUT2D eigenvalue weighted by Gasteiger charge is -2.18. The van der Waals surface area contributed by atoms with Gasteiger partial charge in [-0.25, -0.2) is 0 Å². The first-order valence-electron chi connectivity index (χ1n) is 6.44. The number of hydrogen-bond donors (Lipinski definition) is 2. The molecule has 96 valence electrons. The second-order valence-electron chi connectivity index (χ2n) is 5.17. The van der Waals surface area contributed by atoms with Crippen LogP contribution in [0, 0.1) is 5.92 Å². The van der Waals surface area contributed by atoms with Crippen molar-refractivity contribution < 1.29 is 9.53 Å². The van der Waals surface area contributed by atoms with Gasteiger partial charge in [0, 0.05) is 23.4 Å². The van der Waals surface area contributed by atoms with Crippen LogP contribution in [-0.2, 0) is 4.79 Å². The summed E-state index contributed by atoms with van der Waals surface area (Å²) in [6.07, 6.45) is 2.55. The third-order valence-corrected chi connectivity index (χ3v) is 3.85. The van der Waals surface area contributed by atoms with Gasteiger partial charge in [-0.1, -0.05) is 6.07 Å². The SMILES string of the molecule is COc1ccc2c(c1)NC(=O)C2NC(C)C1CC1. The van der Waals surface area contributed by atoms with Gasteiger partial charge in [0.05, 0.1) is 7.11 Å². The van der Waals surface area contributed by atoms with E-state index >= 15 is 0 Å². The molecule has 2 N–H and O–H groups in total. The van der Waals surface area contributed by atoms with Crippen molar-refractivity contribution in [2.75, 3.05) is 12.4 Å². The molecule has 0 saturated heterocycles. The van der Waals surface area contributed by atoms with Crippen LogP contribution in [0.1, 0.15) is 31.4 Å². The second-order valence-corrected chi connectivity index (χ2v) is 5.17. The van der Waals surface area contributed by atoms with Crippen LogP contribution in [0.5, 0.6) is 5.75 Å². The van der Waals surface area contributed by atoms with Crippen LogP contribution in [0.3, 0.4) is 0 Å². The van der Waals surface area contributed by atoms with E-state index in [2.05, 4.69) is 17.6 Å². The number of carbonyl (C=O) groups excluding carboxylic acids is 1. The zero-order chi connectivity index (χ0) is 12.7. The van der Waals surface area contributed by atoms with Crippen LogP contribution in [0.15, 0.2) is 18.2 Å². The highest BCUT2D eigenvalue weighted by Gasteiger charge is 2.35. The van der Waals surface area contributed by atoms with Crippen molar-refractivity contribution in [2.45, 2.75) is 31.8 Å². The fraction of sp³-hybridized carbons (Fsp3) is 0.500. The maximum atomic E-state index is 12.0. The first-order valence-corrected chi connectivity index (χ1v) is 6.44. The highest BCUT2D eigenvalue weighted by atomic mass is 16.5. The standard InChI is InChI=1S/C14H18N2O2/c1-8(9-3-4-9)15-13-11-6-5-10(18-2)7-12(11)16-14(13)17/h5-9,13,15H,3-4H2,1-2H3,(H,16,17). The van der Waals surface area contributed by atoms with Crippen LogP contribution < -0.4 is 15.4 Å². The summed E-state index contributed by atoms with van der Waals surface area (Å²) in [7, 11) is 1.63. The Bertz CT molecular complexity index is 483. The summed E-state index contributed by atoms with van der Waals surface area (Å²) in [5.74, 6) is 1.54. The molecule has 1 amide bonds. The topological polar surface area (TPSA) is 50.4 Å². The highest BCUT2D eigenvalue weighted by molar-refractivity contribution is 6.02. The molecule has 18 heavy (non-hydrogen) atoms. The maximum Gasteiger partial charge on any atom is 0.246 e. The quantitative estimate of drug-likeness (QED) is 0.855. The van der Waals surface area contributed by atoms with Crippen LogP contribution in [0.2, 0.25) is 0 Å². The predicted octanol–water partition coefficient (Wildman–Crippen LogP) is 2.08. The smallest absolute Gasteiger partial charge is 0.246 e. The number of nitrogens with one attached hydrogen (secondary N) is 2. The average Bonchev–Trinajstić information content (AvgIpc) is 3.16. The van der Waals surface area contributed by atoms with Crippen molar-refractivity contribution in [3.63, 3.8) is 0 Å². The van der Waals surface area contributed by atoms with Gasteiger partial charge >= 0.3 is 0 Å². The van der Waals surface area contributed by atoms with E-state index in [-0.39, 0.29) is 11.9 Å². The van der Waals surface area contributed by atoms with Gasteiger partial charge in [0.2, 0.25) is 5.91 Å². The normalized spacial score (nSPS) is 23.4. The molecule has 1 aromatic carbocycles. The van der Waals surface area contributed by atoms with Gasteiger partial charge < -0.3 is 10.1 Å². The lowest BCUT2D eigenvalue weighted by Crippen LogP contribution is -2.35. The Labute approximate surface area is 107 Å². The van der Waals surface area contributed by atoms with Crippen molar-refractivity contribution in [2.24, 2.45) is 5.92 Å². The van der Waals surface area contributed by atoms with E-state index in [1.165, 1.54) is 12.8 Å². The number of ether oxygens (including phenoxy) is 1. The van der Waals surface area contributed by atoms with E-state index in [9.17, 15) is 4.79 Å². The van der Waals surface area contributed by atoms with Gasteiger partial charge in [0.25, 0.3) is 0 Å². The summed E-state index contributed by atoms with van der Waals surface area (Å²) in [4.78, 5) is 12.0. The number of carbonyl (C=O) groups is 1. The molecule has 0 bridgehead atoms. The van der Waals surface area contributed by atoms with Crippen LogP contribution in [0.25, 0.3) is 0 Å². The van der Waals surface area contributed by atoms with Crippen LogP contribution in [-0.4, -0.2) is 19.1 Å². The monoisotopic (exact) mass is 246 g/mol. The molecule has 0 spiro atoms. The number of methoxy groups -OCH3 is 1. The first-order chi connectivity index (χ1) is 8.69. The molecule has 1 heterocycles. The Morgan fingerprint density at radius 1 is 1.44 bits per heavy atom. The molecule has 4 nitrogen and oxygen atoms in total. The highest BCUT2D eigenvalue weighted by Crippen LogP contribution is 2.37. The van der Waals surface area contributed by atoms with Gasteiger partial charge in [-0.3, -0.25) is 10.1 Å². The lowest BCUT2D eigenvalue weighted by atomic mass is 10.1. The van der Waals surface area contributed by atoms with Crippen molar-refractivity contribution >= 4 is 11.6 Å². The zero-order valence-electron chi connectivity index (χ0n) is 10.7. The van der Waals surface area contributed by atoms with Crippen molar-refractivity contribution in [3.05, 3.63) is 23.8 Å². The Hall–Kier alpha value is -1.55. The minimum absolute atomic E-state index is 0.0331. The molecule has 0 aromatic heterocycles. The molecule has 0 radical (unpaired) electrons. The summed E-state index contributed by atoms with van der Waals surface area (Å²) in [6, 6.07) is 5.91. The third-order valence-electron chi connectivity index (χ3n) is 3.85. The van der Waals surface area contributed by atoms with Gasteiger partial charge in [-0.15, -0.1) is 0 Å². The van der Waals surface area contributed by atoms with Crippen molar-refractivity contribution in [1.82, 2.24) is 5.32 Å². The largest absolute Gasteiger partial charge is 0.497 e.